The van der Waals surface area contributed by atoms with E-state index in [1.807, 2.05) is 6.92 Å². The van der Waals surface area contributed by atoms with Gasteiger partial charge in [-0.15, -0.1) is 0 Å². The standard InChI is InChI=1S/C14H16F3NO3S/c1-9-3-4-11(7-10(9)2)22(20,21)12-5-6-18(13(12)19)8-14(15,16)17/h3-4,7,12H,5-6,8H2,1-2H3. The second kappa shape index (κ2) is 5.57. The largest absolute Gasteiger partial charge is 0.406 e. The van der Waals surface area contributed by atoms with Crippen LogP contribution in [-0.2, 0) is 14.6 Å². The van der Waals surface area contributed by atoms with Crippen LogP contribution >= 0.6 is 0 Å². The molecule has 0 bridgehead atoms. The van der Waals surface area contributed by atoms with Crippen molar-refractivity contribution in [2.24, 2.45) is 0 Å². The molecule has 1 atom stereocenters. The second-order valence-electron chi connectivity index (χ2n) is 5.44. The predicted octanol–water partition coefficient (Wildman–Crippen LogP) is 2.24. The van der Waals surface area contributed by atoms with Crippen LogP contribution in [0.15, 0.2) is 23.1 Å². The van der Waals surface area contributed by atoms with Gasteiger partial charge in [-0.25, -0.2) is 8.42 Å². The van der Waals surface area contributed by atoms with Crippen LogP contribution in [0.4, 0.5) is 13.2 Å². The Bertz CT molecular complexity index is 698. The molecule has 8 heteroatoms. The quantitative estimate of drug-likeness (QED) is 0.851. The number of nitrogens with zero attached hydrogens (tertiary/aromatic N) is 1. The summed E-state index contributed by atoms with van der Waals surface area (Å²) in [5, 5.41) is -1.43. The van der Waals surface area contributed by atoms with Crippen LogP contribution in [0.2, 0.25) is 0 Å². The van der Waals surface area contributed by atoms with Crippen LogP contribution in [-0.4, -0.2) is 43.7 Å². The van der Waals surface area contributed by atoms with Crippen molar-refractivity contribution in [3.63, 3.8) is 0 Å². The maximum atomic E-state index is 12.5. The van der Waals surface area contributed by atoms with Crippen molar-refractivity contribution in [1.29, 1.82) is 0 Å². The highest BCUT2D eigenvalue weighted by Crippen LogP contribution is 2.28. The lowest BCUT2D eigenvalue weighted by Gasteiger charge is -2.18. The third-order valence-corrected chi connectivity index (χ3v) is 5.90. The minimum Gasteiger partial charge on any atom is -0.332 e. The third kappa shape index (κ3) is 3.26. The van der Waals surface area contributed by atoms with Crippen molar-refractivity contribution in [3.8, 4) is 0 Å². The summed E-state index contributed by atoms with van der Waals surface area (Å²) in [6, 6.07) is 4.46. The van der Waals surface area contributed by atoms with Crippen LogP contribution in [0.3, 0.4) is 0 Å². The molecule has 1 fully saturated rings. The second-order valence-corrected chi connectivity index (χ2v) is 7.57. The average Bonchev–Trinajstić information content (AvgIpc) is 2.73. The molecule has 0 aliphatic carbocycles. The SMILES string of the molecule is Cc1ccc(S(=O)(=O)C2CCN(CC(F)(F)F)C2=O)cc1C. The number of aryl methyl sites for hydroxylation is 2. The highest BCUT2D eigenvalue weighted by molar-refractivity contribution is 7.92. The zero-order chi connectivity index (χ0) is 16.7. The lowest BCUT2D eigenvalue weighted by atomic mass is 10.1. The van der Waals surface area contributed by atoms with Gasteiger partial charge in [0.1, 0.15) is 11.8 Å². The summed E-state index contributed by atoms with van der Waals surface area (Å²) in [5.74, 6) is -0.976. The molecule has 1 aromatic carbocycles. The Morgan fingerprint density at radius 2 is 1.86 bits per heavy atom. The molecule has 1 aliphatic rings. The molecule has 2 rings (SSSR count). The number of likely N-dealkylation sites (tertiary alicyclic amines) is 1. The van der Waals surface area contributed by atoms with Crippen molar-refractivity contribution >= 4 is 15.7 Å². The number of alkyl halides is 3. The van der Waals surface area contributed by atoms with Crippen LogP contribution in [0.5, 0.6) is 0 Å². The number of sulfone groups is 1. The molecule has 1 amide bonds. The Morgan fingerprint density at radius 3 is 2.41 bits per heavy atom. The van der Waals surface area contributed by atoms with E-state index in [-0.39, 0.29) is 17.9 Å². The lowest BCUT2D eigenvalue weighted by molar-refractivity contribution is -0.157. The van der Waals surface area contributed by atoms with Crippen molar-refractivity contribution in [3.05, 3.63) is 29.3 Å². The van der Waals surface area contributed by atoms with Gasteiger partial charge >= 0.3 is 6.18 Å². The molecule has 0 radical (unpaired) electrons. The van der Waals surface area contributed by atoms with Gasteiger partial charge in [-0.1, -0.05) is 6.07 Å². The molecule has 1 unspecified atom stereocenters. The highest BCUT2D eigenvalue weighted by Gasteiger charge is 2.45. The van der Waals surface area contributed by atoms with Gasteiger partial charge in [0, 0.05) is 6.54 Å². The maximum Gasteiger partial charge on any atom is 0.406 e. The zero-order valence-electron chi connectivity index (χ0n) is 12.1. The van der Waals surface area contributed by atoms with Gasteiger partial charge in [0.15, 0.2) is 9.84 Å². The number of halogens is 3. The predicted molar refractivity (Wildman–Crippen MR) is 74.1 cm³/mol. The monoisotopic (exact) mass is 335 g/mol. The lowest BCUT2D eigenvalue weighted by Crippen LogP contribution is -2.39. The molecule has 0 saturated carbocycles. The number of rotatable bonds is 3. The molecular formula is C14H16F3NO3S. The minimum absolute atomic E-state index is 0.0252. The highest BCUT2D eigenvalue weighted by atomic mass is 32.2. The fourth-order valence-corrected chi connectivity index (χ4v) is 4.18. The number of carbonyl (C=O) groups is 1. The molecule has 122 valence electrons. The van der Waals surface area contributed by atoms with Crippen LogP contribution in [0.25, 0.3) is 0 Å². The van der Waals surface area contributed by atoms with Crippen LogP contribution < -0.4 is 0 Å². The summed E-state index contributed by atoms with van der Waals surface area (Å²) in [6.45, 7) is 1.94. The van der Waals surface area contributed by atoms with Crippen molar-refractivity contribution in [2.75, 3.05) is 13.1 Å². The Kier molecular flexibility index (Phi) is 4.25. The van der Waals surface area contributed by atoms with Crippen molar-refractivity contribution in [1.82, 2.24) is 4.90 Å². The van der Waals surface area contributed by atoms with Gasteiger partial charge in [-0.2, -0.15) is 13.2 Å². The van der Waals surface area contributed by atoms with Gasteiger partial charge in [0.25, 0.3) is 0 Å². The van der Waals surface area contributed by atoms with Gasteiger partial charge < -0.3 is 4.90 Å². The fraction of sp³-hybridized carbons (Fsp3) is 0.500. The minimum atomic E-state index is -4.53. The van der Waals surface area contributed by atoms with E-state index in [9.17, 15) is 26.4 Å². The molecular weight excluding hydrogens is 319 g/mol. The van der Waals surface area contributed by atoms with E-state index in [0.29, 0.717) is 4.90 Å². The molecule has 1 aromatic rings. The number of hydrogen-bond acceptors (Lipinski definition) is 3. The number of hydrogen-bond donors (Lipinski definition) is 0. The first-order valence-electron chi connectivity index (χ1n) is 6.69. The maximum absolute atomic E-state index is 12.5. The first-order valence-corrected chi connectivity index (χ1v) is 8.24. The topological polar surface area (TPSA) is 54.5 Å². The molecule has 4 nitrogen and oxygen atoms in total. The Morgan fingerprint density at radius 1 is 1.23 bits per heavy atom. The molecule has 0 spiro atoms. The summed E-state index contributed by atoms with van der Waals surface area (Å²) in [7, 11) is -3.97. The molecule has 22 heavy (non-hydrogen) atoms. The molecule has 1 saturated heterocycles. The molecule has 0 N–H and O–H groups in total. The molecule has 1 heterocycles. The fourth-order valence-electron chi connectivity index (χ4n) is 2.43. The van der Waals surface area contributed by atoms with E-state index < -0.39 is 33.7 Å². The molecule has 1 aliphatic heterocycles. The summed E-state index contributed by atoms with van der Waals surface area (Å²) in [4.78, 5) is 12.5. The van der Waals surface area contributed by atoms with Gasteiger partial charge in [0.2, 0.25) is 5.91 Å². The number of benzene rings is 1. The van der Waals surface area contributed by atoms with Gasteiger partial charge in [-0.3, -0.25) is 4.79 Å². The summed E-state index contributed by atoms with van der Waals surface area (Å²) >= 11 is 0. The van der Waals surface area contributed by atoms with Crippen molar-refractivity contribution < 1.29 is 26.4 Å². The average molecular weight is 335 g/mol. The third-order valence-electron chi connectivity index (χ3n) is 3.80. The number of carbonyl (C=O) groups excluding carboxylic acids is 1. The van der Waals surface area contributed by atoms with Gasteiger partial charge in [0.05, 0.1) is 4.90 Å². The Hall–Kier alpha value is -1.57. The molecule has 0 aromatic heterocycles. The first-order chi connectivity index (χ1) is 10.0. The van der Waals surface area contributed by atoms with E-state index in [0.717, 1.165) is 11.1 Å². The first kappa shape index (κ1) is 16.8. The summed E-state index contributed by atoms with van der Waals surface area (Å²) < 4.78 is 62.1. The summed E-state index contributed by atoms with van der Waals surface area (Å²) in [6.07, 6.45) is -4.65. The van der Waals surface area contributed by atoms with Crippen molar-refractivity contribution in [2.45, 2.75) is 36.6 Å². The van der Waals surface area contributed by atoms with Crippen LogP contribution in [0, 0.1) is 13.8 Å². The Labute approximate surface area is 126 Å². The normalized spacial score (nSPS) is 19.8. The zero-order valence-corrected chi connectivity index (χ0v) is 13.0. The van der Waals surface area contributed by atoms with E-state index in [1.165, 1.54) is 12.1 Å². The van der Waals surface area contributed by atoms with Crippen LogP contribution in [0.1, 0.15) is 17.5 Å². The Balaban J connectivity index is 2.27. The number of amides is 1. The summed E-state index contributed by atoms with van der Waals surface area (Å²) in [5.41, 5.74) is 1.65. The van der Waals surface area contributed by atoms with Gasteiger partial charge in [-0.05, 0) is 43.5 Å². The van der Waals surface area contributed by atoms with E-state index in [1.54, 1.807) is 13.0 Å². The van der Waals surface area contributed by atoms with E-state index in [4.69, 9.17) is 0 Å². The van der Waals surface area contributed by atoms with E-state index in [2.05, 4.69) is 0 Å². The smallest absolute Gasteiger partial charge is 0.332 e. The van der Waals surface area contributed by atoms with E-state index >= 15 is 0 Å².